The number of rotatable bonds is 4. The number of nitrogens with one attached hydrogen (secondary N) is 1. The van der Waals surface area contributed by atoms with E-state index in [0.29, 0.717) is 5.56 Å². The van der Waals surface area contributed by atoms with Gasteiger partial charge in [0.1, 0.15) is 0 Å². The number of thiazole rings is 1. The molecule has 1 N–H and O–H groups in total. The maximum absolute atomic E-state index is 8.72. The molecule has 0 bridgehead atoms. The van der Waals surface area contributed by atoms with Crippen molar-refractivity contribution in [2.24, 2.45) is 0 Å². The van der Waals surface area contributed by atoms with E-state index in [1.165, 1.54) is 22.7 Å². The first kappa shape index (κ1) is 11.2. The van der Waals surface area contributed by atoms with Crippen LogP contribution in [-0.2, 0) is 6.54 Å². The van der Waals surface area contributed by atoms with E-state index in [-0.39, 0.29) is 0 Å². The van der Waals surface area contributed by atoms with Crippen molar-refractivity contribution in [1.82, 2.24) is 4.98 Å². The third-order valence-corrected chi connectivity index (χ3v) is 4.14. The molecule has 1 saturated carbocycles. The molecular formula is C14H13N3S. The molecule has 1 aliphatic carbocycles. The minimum absolute atomic E-state index is 0.689. The lowest BCUT2D eigenvalue weighted by molar-refractivity contribution is 1.08. The van der Waals surface area contributed by atoms with E-state index in [0.717, 1.165) is 18.2 Å². The lowest BCUT2D eigenvalue weighted by Crippen LogP contribution is -1.96. The topological polar surface area (TPSA) is 48.7 Å². The summed E-state index contributed by atoms with van der Waals surface area (Å²) < 4.78 is 0. The number of hydrogen-bond acceptors (Lipinski definition) is 4. The molecule has 2 aromatic rings. The Morgan fingerprint density at radius 1 is 1.33 bits per heavy atom. The maximum atomic E-state index is 8.72. The minimum atomic E-state index is 0.689. The van der Waals surface area contributed by atoms with E-state index in [4.69, 9.17) is 5.26 Å². The smallest absolute Gasteiger partial charge is 0.0991 e. The van der Waals surface area contributed by atoms with Gasteiger partial charge in [0.15, 0.2) is 0 Å². The van der Waals surface area contributed by atoms with Crippen molar-refractivity contribution in [3.05, 3.63) is 45.9 Å². The Balaban J connectivity index is 1.60. The minimum Gasteiger partial charge on any atom is -0.380 e. The highest BCUT2D eigenvalue weighted by molar-refractivity contribution is 7.11. The standard InChI is InChI=1S/C14H13N3S/c15-7-10-1-5-12(6-2-10)16-8-13-9-17-14(18-13)11-3-4-11/h1-2,5-6,9,11,16H,3-4,8H2. The predicted octanol–water partition coefficient (Wildman–Crippen LogP) is 3.50. The van der Waals surface area contributed by atoms with Crippen molar-refractivity contribution in [3.8, 4) is 6.07 Å². The van der Waals surface area contributed by atoms with Crippen molar-refractivity contribution < 1.29 is 0 Å². The quantitative estimate of drug-likeness (QED) is 0.909. The maximum Gasteiger partial charge on any atom is 0.0991 e. The first-order valence-electron chi connectivity index (χ1n) is 6.04. The Hall–Kier alpha value is -1.86. The molecule has 3 nitrogen and oxygen atoms in total. The molecule has 0 spiro atoms. The Bertz CT molecular complexity index is 576. The third-order valence-electron chi connectivity index (χ3n) is 2.98. The van der Waals surface area contributed by atoms with Crippen LogP contribution < -0.4 is 5.32 Å². The van der Waals surface area contributed by atoms with E-state index >= 15 is 0 Å². The molecular weight excluding hydrogens is 242 g/mol. The molecule has 1 aromatic carbocycles. The van der Waals surface area contributed by atoms with Crippen LogP contribution in [0.25, 0.3) is 0 Å². The highest BCUT2D eigenvalue weighted by Crippen LogP contribution is 2.41. The second-order valence-electron chi connectivity index (χ2n) is 4.48. The highest BCUT2D eigenvalue weighted by atomic mass is 32.1. The molecule has 0 atom stereocenters. The molecule has 1 heterocycles. The van der Waals surface area contributed by atoms with Crippen LogP contribution in [0.15, 0.2) is 30.5 Å². The van der Waals surface area contributed by atoms with Crippen molar-refractivity contribution in [2.75, 3.05) is 5.32 Å². The lowest BCUT2D eigenvalue weighted by Gasteiger charge is -2.03. The summed E-state index contributed by atoms with van der Waals surface area (Å²) in [6, 6.07) is 9.63. The molecule has 0 radical (unpaired) electrons. The molecule has 1 aliphatic rings. The Kier molecular flexibility index (Phi) is 2.99. The van der Waals surface area contributed by atoms with Gasteiger partial charge in [-0.2, -0.15) is 5.26 Å². The van der Waals surface area contributed by atoms with Crippen molar-refractivity contribution >= 4 is 17.0 Å². The van der Waals surface area contributed by atoms with Crippen LogP contribution in [0.4, 0.5) is 5.69 Å². The van der Waals surface area contributed by atoms with Gasteiger partial charge in [0.25, 0.3) is 0 Å². The van der Waals surface area contributed by atoms with Gasteiger partial charge in [0.2, 0.25) is 0 Å². The third kappa shape index (κ3) is 2.52. The molecule has 18 heavy (non-hydrogen) atoms. The molecule has 4 heteroatoms. The SMILES string of the molecule is N#Cc1ccc(NCc2cnc(C3CC3)s2)cc1. The molecule has 90 valence electrons. The van der Waals surface area contributed by atoms with Crippen LogP contribution in [0, 0.1) is 11.3 Å². The summed E-state index contributed by atoms with van der Waals surface area (Å²) >= 11 is 1.80. The van der Waals surface area contributed by atoms with Crippen LogP contribution in [0.1, 0.15) is 34.2 Å². The summed E-state index contributed by atoms with van der Waals surface area (Å²) in [7, 11) is 0. The Labute approximate surface area is 110 Å². The monoisotopic (exact) mass is 255 g/mol. The van der Waals surface area contributed by atoms with E-state index < -0.39 is 0 Å². The van der Waals surface area contributed by atoms with Gasteiger partial charge in [-0.1, -0.05) is 0 Å². The predicted molar refractivity (Wildman–Crippen MR) is 72.6 cm³/mol. The zero-order chi connectivity index (χ0) is 12.4. The number of aromatic nitrogens is 1. The summed E-state index contributed by atoms with van der Waals surface area (Å²) in [5.74, 6) is 0.735. The average Bonchev–Trinajstić information content (AvgIpc) is 3.16. The second kappa shape index (κ2) is 4.79. The summed E-state index contributed by atoms with van der Waals surface area (Å²) in [5, 5.41) is 13.3. The first-order valence-corrected chi connectivity index (χ1v) is 6.85. The first-order chi connectivity index (χ1) is 8.85. The van der Waals surface area contributed by atoms with Crippen molar-refractivity contribution in [3.63, 3.8) is 0 Å². The number of hydrogen-bond donors (Lipinski definition) is 1. The van der Waals surface area contributed by atoms with Crippen LogP contribution >= 0.6 is 11.3 Å². The summed E-state index contributed by atoms with van der Waals surface area (Å²) in [4.78, 5) is 5.72. The molecule has 1 aromatic heterocycles. The zero-order valence-electron chi connectivity index (χ0n) is 9.89. The highest BCUT2D eigenvalue weighted by Gasteiger charge is 2.26. The molecule has 0 aliphatic heterocycles. The normalized spacial score (nSPS) is 14.2. The fourth-order valence-electron chi connectivity index (χ4n) is 1.78. The number of nitrogens with zero attached hydrogens (tertiary/aromatic N) is 2. The number of nitriles is 1. The van der Waals surface area contributed by atoms with E-state index in [9.17, 15) is 0 Å². The molecule has 0 amide bonds. The Morgan fingerprint density at radius 3 is 2.78 bits per heavy atom. The molecule has 3 rings (SSSR count). The number of benzene rings is 1. The molecule has 0 unspecified atom stereocenters. The summed E-state index contributed by atoms with van der Waals surface area (Å²) in [6.45, 7) is 0.802. The van der Waals surface area contributed by atoms with Crippen LogP contribution in [-0.4, -0.2) is 4.98 Å². The largest absolute Gasteiger partial charge is 0.380 e. The summed E-state index contributed by atoms with van der Waals surface area (Å²) in [6.07, 6.45) is 4.57. The van der Waals surface area contributed by atoms with Gasteiger partial charge in [0, 0.05) is 22.7 Å². The fourth-order valence-corrected chi connectivity index (χ4v) is 2.80. The zero-order valence-corrected chi connectivity index (χ0v) is 10.7. The van der Waals surface area contributed by atoms with Crippen molar-refractivity contribution in [1.29, 1.82) is 5.26 Å². The van der Waals surface area contributed by atoms with E-state index in [2.05, 4.69) is 16.4 Å². The summed E-state index contributed by atoms with van der Waals surface area (Å²) in [5.41, 5.74) is 1.73. The average molecular weight is 255 g/mol. The van der Waals surface area contributed by atoms with Gasteiger partial charge in [-0.15, -0.1) is 11.3 Å². The fraction of sp³-hybridized carbons (Fsp3) is 0.286. The van der Waals surface area contributed by atoms with Crippen LogP contribution in [0.5, 0.6) is 0 Å². The molecule has 1 fully saturated rings. The van der Waals surface area contributed by atoms with E-state index in [1.807, 2.05) is 30.5 Å². The molecule has 0 saturated heterocycles. The van der Waals surface area contributed by atoms with Crippen molar-refractivity contribution in [2.45, 2.75) is 25.3 Å². The van der Waals surface area contributed by atoms with Gasteiger partial charge < -0.3 is 5.32 Å². The lowest BCUT2D eigenvalue weighted by atomic mass is 10.2. The van der Waals surface area contributed by atoms with Crippen LogP contribution in [0.3, 0.4) is 0 Å². The number of anilines is 1. The van der Waals surface area contributed by atoms with Gasteiger partial charge >= 0.3 is 0 Å². The Morgan fingerprint density at radius 2 is 2.11 bits per heavy atom. The van der Waals surface area contributed by atoms with Gasteiger partial charge in [-0.3, -0.25) is 0 Å². The van der Waals surface area contributed by atoms with Crippen LogP contribution in [0.2, 0.25) is 0 Å². The van der Waals surface area contributed by atoms with Gasteiger partial charge in [0.05, 0.1) is 23.2 Å². The van der Waals surface area contributed by atoms with Gasteiger partial charge in [-0.25, -0.2) is 4.98 Å². The van der Waals surface area contributed by atoms with Gasteiger partial charge in [-0.05, 0) is 37.1 Å². The van der Waals surface area contributed by atoms with E-state index in [1.54, 1.807) is 11.3 Å². The second-order valence-corrected chi connectivity index (χ2v) is 5.63.